The van der Waals surface area contributed by atoms with Crippen LogP contribution in [0.4, 0.5) is 0 Å². The zero-order valence-electron chi connectivity index (χ0n) is 8.83. The first-order valence-electron chi connectivity index (χ1n) is 3.11. The fourth-order valence-corrected chi connectivity index (χ4v) is 0.921. The van der Waals surface area contributed by atoms with Gasteiger partial charge in [0.1, 0.15) is 5.72 Å². The van der Waals surface area contributed by atoms with Crippen LogP contribution in [0.1, 0.15) is 15.3 Å². The molecule has 1 atom stereocenters. The number of nitrogens with one attached hydrogen (secondary N) is 1. The van der Waals surface area contributed by atoms with E-state index in [9.17, 15) is 13.6 Å². The molecule has 1 amide bonds. The minimum absolute atomic E-state index is 0. The van der Waals surface area contributed by atoms with Gasteiger partial charge in [-0.3, -0.25) is 8.98 Å². The molecule has 0 heterocycles. The van der Waals surface area contributed by atoms with Crippen molar-refractivity contribution in [3.05, 3.63) is 12.7 Å². The first-order valence-corrected chi connectivity index (χ1v) is 4.11. The van der Waals surface area contributed by atoms with Gasteiger partial charge in [-0.1, -0.05) is 6.58 Å². The van der Waals surface area contributed by atoms with E-state index in [2.05, 4.69) is 16.1 Å². The summed E-state index contributed by atoms with van der Waals surface area (Å²) >= 11 is -2.65. The van der Waals surface area contributed by atoms with Gasteiger partial charge < -0.3 is 11.3 Å². The monoisotopic (exact) mass is 216 g/mol. The van der Waals surface area contributed by atoms with E-state index in [-0.39, 0.29) is 31.0 Å². The van der Waals surface area contributed by atoms with Crippen LogP contribution in [0.25, 0.3) is 0 Å². The van der Waals surface area contributed by atoms with Crippen LogP contribution < -0.4 is 34.9 Å². The van der Waals surface area contributed by atoms with E-state index in [0.29, 0.717) is 0 Å². The largest absolute Gasteiger partial charge is 1.00 e. The molecule has 0 aliphatic heterocycles. The van der Waals surface area contributed by atoms with Crippen LogP contribution in [0.2, 0.25) is 0 Å². The Bertz CT molecular complexity index is 224. The molecule has 0 bridgehead atoms. The van der Waals surface area contributed by atoms with E-state index >= 15 is 0 Å². The van der Waals surface area contributed by atoms with Gasteiger partial charge in [0.15, 0.2) is 0 Å². The van der Waals surface area contributed by atoms with Crippen LogP contribution in [0, 0.1) is 0 Å². The van der Waals surface area contributed by atoms with E-state index in [1.165, 1.54) is 13.8 Å². The van der Waals surface area contributed by atoms with Gasteiger partial charge in [0.05, 0.1) is 11.4 Å². The van der Waals surface area contributed by atoms with Gasteiger partial charge >= 0.3 is 29.6 Å². The van der Waals surface area contributed by atoms with Crippen molar-refractivity contribution in [2.75, 3.05) is 0 Å². The number of hydrogen-bond acceptors (Lipinski definition) is 4. The number of hydrogen-bond donors (Lipinski definition) is 1. The van der Waals surface area contributed by atoms with Crippen molar-refractivity contribution in [3.8, 4) is 0 Å². The molecular weight excluding hydrogens is 205 g/mol. The van der Waals surface area contributed by atoms with Crippen LogP contribution in [0.15, 0.2) is 12.7 Å². The normalized spacial score (nSPS) is 12.5. The summed E-state index contributed by atoms with van der Waals surface area (Å²) in [5, 5.41) is 2.26. The van der Waals surface area contributed by atoms with Crippen LogP contribution in [0.5, 0.6) is 0 Å². The van der Waals surface area contributed by atoms with Crippen molar-refractivity contribution in [2.24, 2.45) is 0 Å². The smallest absolute Gasteiger partial charge is 1.00 e. The number of rotatable bonds is 4. The summed E-state index contributed by atoms with van der Waals surface area (Å²) in [6, 6.07) is 0. The van der Waals surface area contributed by atoms with Crippen molar-refractivity contribution in [2.45, 2.75) is 19.6 Å². The Labute approximate surface area is 103 Å². The predicted octanol–water partition coefficient (Wildman–Crippen LogP) is -3.05. The van der Waals surface area contributed by atoms with E-state index in [4.69, 9.17) is 0 Å². The van der Waals surface area contributed by atoms with Gasteiger partial charge in [-0.2, -0.15) is 0 Å². The Kier molecular flexibility index (Phi) is 8.10. The molecular formula is C6H11NNaO4S-. The molecule has 1 N–H and O–H groups in total. The molecule has 0 aromatic rings. The number of amides is 1. The molecule has 7 heteroatoms. The third-order valence-electron chi connectivity index (χ3n) is 0.886. The van der Waals surface area contributed by atoms with Crippen molar-refractivity contribution in [1.82, 2.24) is 5.32 Å². The summed E-state index contributed by atoms with van der Waals surface area (Å²) in [5.74, 6) is -0.495. The summed E-state index contributed by atoms with van der Waals surface area (Å²) in [5.41, 5.74) is -1.24. The molecule has 72 valence electrons. The SMILES string of the molecule is C=CC(=O)NC(C)(C)OS(=O)[O-].[H-].[Na+]. The second kappa shape index (κ2) is 6.69. The molecule has 1 unspecified atom stereocenters. The molecule has 0 spiro atoms. The molecule has 0 aliphatic rings. The Morgan fingerprint density at radius 2 is 2.23 bits per heavy atom. The van der Waals surface area contributed by atoms with Crippen LogP contribution in [-0.4, -0.2) is 20.4 Å². The maximum Gasteiger partial charge on any atom is 1.00 e. The average Bonchev–Trinajstić information content (AvgIpc) is 1.83. The average molecular weight is 216 g/mol. The zero-order chi connectivity index (χ0) is 9.78. The van der Waals surface area contributed by atoms with Gasteiger partial charge in [-0.05, 0) is 19.9 Å². The van der Waals surface area contributed by atoms with E-state index in [1.807, 2.05) is 0 Å². The van der Waals surface area contributed by atoms with Gasteiger partial charge in [-0.25, -0.2) is 4.21 Å². The van der Waals surface area contributed by atoms with Gasteiger partial charge in [0, 0.05) is 0 Å². The van der Waals surface area contributed by atoms with Crippen molar-refractivity contribution >= 4 is 17.3 Å². The van der Waals surface area contributed by atoms with Crippen LogP contribution in [-0.2, 0) is 20.3 Å². The van der Waals surface area contributed by atoms with Crippen molar-refractivity contribution in [1.29, 1.82) is 0 Å². The maximum atomic E-state index is 10.7. The van der Waals surface area contributed by atoms with Crippen LogP contribution >= 0.6 is 0 Å². The Morgan fingerprint density at radius 3 is 2.54 bits per heavy atom. The first-order chi connectivity index (χ1) is 5.37. The minimum Gasteiger partial charge on any atom is -1.00 e. The van der Waals surface area contributed by atoms with E-state index in [1.54, 1.807) is 0 Å². The quantitative estimate of drug-likeness (QED) is 0.234. The summed E-state index contributed by atoms with van der Waals surface area (Å²) < 4.78 is 24.5. The molecule has 5 nitrogen and oxygen atoms in total. The molecule has 0 saturated carbocycles. The molecule has 13 heavy (non-hydrogen) atoms. The third kappa shape index (κ3) is 8.61. The van der Waals surface area contributed by atoms with Crippen molar-refractivity contribution < 1.29 is 48.7 Å². The molecule has 0 aromatic carbocycles. The fourth-order valence-electron chi connectivity index (χ4n) is 0.539. The molecule has 0 aliphatic carbocycles. The predicted molar refractivity (Wildman–Crippen MR) is 43.5 cm³/mol. The summed E-state index contributed by atoms with van der Waals surface area (Å²) in [6.07, 6.45) is 1.03. The first kappa shape index (κ1) is 15.7. The number of carbonyl (C=O) groups excluding carboxylic acids is 1. The molecule has 0 rings (SSSR count). The molecule has 0 aromatic heterocycles. The molecule has 0 fully saturated rings. The Balaban J connectivity index is -0.000000605. The van der Waals surface area contributed by atoms with Crippen molar-refractivity contribution in [3.63, 3.8) is 0 Å². The third-order valence-corrected chi connectivity index (χ3v) is 1.44. The summed E-state index contributed by atoms with van der Waals surface area (Å²) in [7, 11) is 0. The number of carbonyl (C=O) groups is 1. The fraction of sp³-hybridized carbons (Fsp3) is 0.500. The molecule has 0 radical (unpaired) electrons. The van der Waals surface area contributed by atoms with Gasteiger partial charge in [-0.15, -0.1) is 0 Å². The zero-order valence-corrected chi connectivity index (χ0v) is 10.6. The van der Waals surface area contributed by atoms with Gasteiger partial charge in [0.25, 0.3) is 0 Å². The summed E-state index contributed by atoms with van der Waals surface area (Å²) in [4.78, 5) is 10.7. The van der Waals surface area contributed by atoms with Gasteiger partial charge in [0.2, 0.25) is 5.91 Å². The van der Waals surface area contributed by atoms with E-state index in [0.717, 1.165) is 6.08 Å². The second-order valence-corrected chi connectivity index (χ2v) is 3.07. The second-order valence-electron chi connectivity index (χ2n) is 2.49. The Hall–Kier alpha value is 0.280. The minimum atomic E-state index is -2.65. The maximum absolute atomic E-state index is 10.7. The summed E-state index contributed by atoms with van der Waals surface area (Å²) in [6.45, 7) is 6.02. The van der Waals surface area contributed by atoms with Crippen LogP contribution in [0.3, 0.4) is 0 Å². The van der Waals surface area contributed by atoms with E-state index < -0.39 is 23.0 Å². The standard InChI is InChI=1S/C6H11NO4S.Na.H/c1-4-5(8)7-6(2,3)11-12(9)10;;/h4H,1H2,2-3H3,(H,7,8)(H,9,10);;/q;+1;-1/p-1. The Morgan fingerprint density at radius 1 is 1.77 bits per heavy atom. The topological polar surface area (TPSA) is 78.5 Å². The molecule has 0 saturated heterocycles.